The maximum absolute atomic E-state index is 12.4. The maximum Gasteiger partial charge on any atom is 0.325 e. The van der Waals surface area contributed by atoms with Crippen molar-refractivity contribution in [1.82, 2.24) is 4.90 Å². The van der Waals surface area contributed by atoms with Crippen molar-refractivity contribution in [3.05, 3.63) is 0 Å². The van der Waals surface area contributed by atoms with E-state index in [4.69, 9.17) is 4.74 Å². The fraction of sp³-hybridized carbons (Fsp3) is 0.964. The quantitative estimate of drug-likeness (QED) is 0.127. The Balaban J connectivity index is 3.71. The van der Waals surface area contributed by atoms with Gasteiger partial charge in [-0.05, 0) is 40.2 Å². The van der Waals surface area contributed by atoms with Gasteiger partial charge in [0.25, 0.3) is 0 Å². The molecule has 0 rings (SSSR count). The topological polar surface area (TPSA) is 49.8 Å². The lowest BCUT2D eigenvalue weighted by atomic mass is 9.91. The third-order valence-corrected chi connectivity index (χ3v) is 7.36. The number of likely N-dealkylation sites (N-methyl/N-ethyl adjacent to an activating group) is 1. The van der Waals surface area contributed by atoms with Crippen molar-refractivity contribution in [2.75, 3.05) is 20.8 Å². The van der Waals surface area contributed by atoms with Crippen molar-refractivity contribution in [2.45, 2.75) is 154 Å². The normalized spacial score (nSPS) is 14.5. The van der Waals surface area contributed by atoms with E-state index in [1.807, 2.05) is 14.0 Å². The number of aliphatic hydroxyl groups excluding tert-OH is 1. The number of hydrogen-bond donors (Lipinski definition) is 1. The first kappa shape index (κ1) is 31.4. The lowest BCUT2D eigenvalue weighted by Crippen LogP contribution is -2.54. The molecule has 0 bridgehead atoms. The fourth-order valence-corrected chi connectivity index (χ4v) is 4.73. The summed E-state index contributed by atoms with van der Waals surface area (Å²) in [5.41, 5.74) is -0.661. The van der Waals surface area contributed by atoms with Gasteiger partial charge in [0.1, 0.15) is 5.54 Å². The summed E-state index contributed by atoms with van der Waals surface area (Å²) in [5.74, 6) is -0.202. The zero-order chi connectivity index (χ0) is 24.1. The minimum Gasteiger partial charge on any atom is -0.468 e. The molecule has 0 aliphatic rings. The van der Waals surface area contributed by atoms with Gasteiger partial charge < -0.3 is 9.84 Å². The Hall–Kier alpha value is -0.610. The van der Waals surface area contributed by atoms with Crippen LogP contribution in [0.3, 0.4) is 0 Å². The minimum atomic E-state index is -0.661. The van der Waals surface area contributed by atoms with E-state index >= 15 is 0 Å². The molecule has 192 valence electrons. The summed E-state index contributed by atoms with van der Waals surface area (Å²) in [6, 6.07) is 0.324. The van der Waals surface area contributed by atoms with Gasteiger partial charge in [-0.15, -0.1) is 0 Å². The Morgan fingerprint density at radius 3 is 1.59 bits per heavy atom. The van der Waals surface area contributed by atoms with E-state index in [9.17, 15) is 9.90 Å². The summed E-state index contributed by atoms with van der Waals surface area (Å²) < 4.78 is 5.06. The molecule has 2 atom stereocenters. The van der Waals surface area contributed by atoms with E-state index in [1.54, 1.807) is 0 Å². The van der Waals surface area contributed by atoms with Crippen molar-refractivity contribution in [3.63, 3.8) is 0 Å². The zero-order valence-corrected chi connectivity index (χ0v) is 22.4. The third-order valence-electron chi connectivity index (χ3n) is 7.36. The molecule has 0 saturated carbocycles. The van der Waals surface area contributed by atoms with Crippen molar-refractivity contribution in [2.24, 2.45) is 0 Å². The van der Waals surface area contributed by atoms with E-state index in [2.05, 4.69) is 18.7 Å². The maximum atomic E-state index is 12.4. The Morgan fingerprint density at radius 2 is 1.22 bits per heavy atom. The highest BCUT2D eigenvalue weighted by atomic mass is 16.5. The Bertz CT molecular complexity index is 429. The molecule has 0 spiro atoms. The lowest BCUT2D eigenvalue weighted by molar-refractivity contribution is -0.155. The van der Waals surface area contributed by atoms with Crippen molar-refractivity contribution < 1.29 is 14.6 Å². The van der Waals surface area contributed by atoms with Crippen molar-refractivity contribution in [3.8, 4) is 0 Å². The van der Waals surface area contributed by atoms with Crippen molar-refractivity contribution >= 4 is 5.97 Å². The molecule has 0 aliphatic heterocycles. The van der Waals surface area contributed by atoms with Gasteiger partial charge >= 0.3 is 5.97 Å². The molecule has 4 nitrogen and oxygen atoms in total. The first-order chi connectivity index (χ1) is 15.4. The monoisotopic (exact) mass is 455 g/mol. The Kier molecular flexibility index (Phi) is 20.6. The first-order valence-corrected chi connectivity index (χ1v) is 13.9. The lowest BCUT2D eigenvalue weighted by Gasteiger charge is -2.40. The second-order valence-corrected chi connectivity index (χ2v) is 10.1. The smallest absolute Gasteiger partial charge is 0.325 e. The second-order valence-electron chi connectivity index (χ2n) is 10.1. The number of unbranched alkanes of at least 4 members (excludes halogenated alkanes) is 15. The van der Waals surface area contributed by atoms with Crippen LogP contribution >= 0.6 is 0 Å². The van der Waals surface area contributed by atoms with Crippen LogP contribution in [0.1, 0.15) is 143 Å². The van der Waals surface area contributed by atoms with Gasteiger partial charge in [-0.2, -0.15) is 0 Å². The molecule has 0 saturated heterocycles. The highest BCUT2D eigenvalue weighted by molar-refractivity contribution is 5.80. The Labute approximate surface area is 200 Å². The van der Waals surface area contributed by atoms with Crippen LogP contribution < -0.4 is 0 Å². The number of rotatable bonds is 23. The van der Waals surface area contributed by atoms with Crippen LogP contribution in [-0.4, -0.2) is 48.3 Å². The number of ether oxygens (including phenoxy) is 1. The molecule has 1 N–H and O–H groups in total. The van der Waals surface area contributed by atoms with Crippen LogP contribution in [0.2, 0.25) is 0 Å². The average Bonchev–Trinajstić information content (AvgIpc) is 2.80. The number of aliphatic hydroxyl groups is 1. The van der Waals surface area contributed by atoms with Gasteiger partial charge in [0.15, 0.2) is 0 Å². The minimum absolute atomic E-state index is 0.105. The number of esters is 1. The molecular formula is C28H57NO3. The number of nitrogens with zero attached hydrogens (tertiary/aromatic N) is 1. The summed E-state index contributed by atoms with van der Waals surface area (Å²) in [6.45, 7) is 6.53. The van der Waals surface area contributed by atoms with Gasteiger partial charge in [0, 0.05) is 12.6 Å². The summed E-state index contributed by atoms with van der Waals surface area (Å²) in [5, 5.41) is 9.19. The van der Waals surface area contributed by atoms with E-state index in [1.165, 1.54) is 110 Å². The van der Waals surface area contributed by atoms with Crippen LogP contribution in [0.5, 0.6) is 0 Å². The molecule has 0 heterocycles. The van der Waals surface area contributed by atoms with Crippen LogP contribution in [0.15, 0.2) is 0 Å². The van der Waals surface area contributed by atoms with Gasteiger partial charge in [-0.25, -0.2) is 0 Å². The van der Waals surface area contributed by atoms with Crippen LogP contribution in [-0.2, 0) is 9.53 Å². The predicted octanol–water partition coefficient (Wildman–Crippen LogP) is 7.66. The van der Waals surface area contributed by atoms with Gasteiger partial charge in [-0.1, -0.05) is 110 Å². The first-order valence-electron chi connectivity index (χ1n) is 13.9. The summed E-state index contributed by atoms with van der Waals surface area (Å²) in [4.78, 5) is 14.5. The number of carbonyl (C=O) groups is 1. The number of carbonyl (C=O) groups excluding carboxylic acids is 1. The molecule has 0 aromatic heterocycles. The molecule has 0 aromatic rings. The molecule has 4 heteroatoms. The zero-order valence-electron chi connectivity index (χ0n) is 22.4. The molecule has 0 fully saturated rings. The van der Waals surface area contributed by atoms with Crippen LogP contribution in [0.25, 0.3) is 0 Å². The fourth-order valence-electron chi connectivity index (χ4n) is 4.73. The summed E-state index contributed by atoms with van der Waals surface area (Å²) >= 11 is 0. The standard InChI is InChI=1S/C28H57NO3/c1-6-7-8-9-10-11-12-13-14-15-16-17-18-19-20-21-23-26(2)29(4)28(3,24-22-25-30)27(31)32-5/h26,30H,6-25H2,1-5H3. The van der Waals surface area contributed by atoms with E-state index < -0.39 is 5.54 Å². The molecule has 0 amide bonds. The SMILES string of the molecule is CCCCCCCCCCCCCCCCCCC(C)N(C)C(C)(CCCO)C(=O)OC. The number of hydrogen-bond acceptors (Lipinski definition) is 4. The van der Waals surface area contributed by atoms with Gasteiger partial charge in [0.2, 0.25) is 0 Å². The molecule has 0 radical (unpaired) electrons. The third kappa shape index (κ3) is 14.5. The largest absolute Gasteiger partial charge is 0.468 e. The van der Waals surface area contributed by atoms with Crippen LogP contribution in [0.4, 0.5) is 0 Å². The highest BCUT2D eigenvalue weighted by Gasteiger charge is 2.39. The molecule has 32 heavy (non-hydrogen) atoms. The molecule has 0 aromatic carbocycles. The van der Waals surface area contributed by atoms with E-state index in [0.29, 0.717) is 18.9 Å². The Morgan fingerprint density at radius 1 is 0.812 bits per heavy atom. The van der Waals surface area contributed by atoms with Gasteiger partial charge in [0.05, 0.1) is 7.11 Å². The van der Waals surface area contributed by atoms with Crippen molar-refractivity contribution in [1.29, 1.82) is 0 Å². The second kappa shape index (κ2) is 21.0. The van der Waals surface area contributed by atoms with E-state index in [0.717, 1.165) is 6.42 Å². The molecule has 2 unspecified atom stereocenters. The number of methoxy groups -OCH3 is 1. The van der Waals surface area contributed by atoms with Gasteiger partial charge in [-0.3, -0.25) is 9.69 Å². The average molecular weight is 456 g/mol. The summed E-state index contributed by atoms with van der Waals surface area (Å²) in [7, 11) is 3.47. The highest BCUT2D eigenvalue weighted by Crippen LogP contribution is 2.26. The predicted molar refractivity (Wildman–Crippen MR) is 138 cm³/mol. The molecule has 0 aliphatic carbocycles. The van der Waals surface area contributed by atoms with E-state index in [-0.39, 0.29) is 12.6 Å². The summed E-state index contributed by atoms with van der Waals surface area (Å²) in [6.07, 6.45) is 24.5. The molecular weight excluding hydrogens is 398 g/mol. The van der Waals surface area contributed by atoms with Crippen LogP contribution in [0, 0.1) is 0 Å².